The number of rotatable bonds is 8. The van der Waals surface area contributed by atoms with Gasteiger partial charge in [-0.15, -0.1) is 0 Å². The van der Waals surface area contributed by atoms with Crippen molar-refractivity contribution in [2.75, 3.05) is 26.3 Å². The second-order valence-electron chi connectivity index (χ2n) is 4.00. The zero-order valence-electron chi connectivity index (χ0n) is 10.7. The number of ether oxygens (including phenoxy) is 1. The Balaban J connectivity index is 2.38. The van der Waals surface area contributed by atoms with Gasteiger partial charge < -0.3 is 9.84 Å². The summed E-state index contributed by atoms with van der Waals surface area (Å²) >= 11 is 0. The summed E-state index contributed by atoms with van der Waals surface area (Å²) in [5.41, 5.74) is 1.21. The molecule has 1 aromatic heterocycles. The smallest absolute Gasteiger partial charge is 0.0900 e. The van der Waals surface area contributed by atoms with Gasteiger partial charge in [0.1, 0.15) is 0 Å². The Hall–Kier alpha value is -0.970. The standard InChI is InChI=1S/C13H22N2O2/c1-3-15(10-13(16)11-17-4-2)9-12-5-7-14-8-6-12/h5-8,13,16H,3-4,9-11H2,1-2H3. The molecule has 0 spiro atoms. The van der Waals surface area contributed by atoms with Crippen LogP contribution in [0.5, 0.6) is 0 Å². The fourth-order valence-corrected chi connectivity index (χ4v) is 1.66. The van der Waals surface area contributed by atoms with Crippen molar-refractivity contribution in [2.45, 2.75) is 26.5 Å². The lowest BCUT2D eigenvalue weighted by Crippen LogP contribution is -2.34. The van der Waals surface area contributed by atoms with Gasteiger partial charge in [0.2, 0.25) is 0 Å². The molecule has 0 bridgehead atoms. The number of aliphatic hydroxyl groups is 1. The van der Waals surface area contributed by atoms with Crippen LogP contribution in [0.25, 0.3) is 0 Å². The minimum absolute atomic E-state index is 0.406. The van der Waals surface area contributed by atoms with E-state index in [-0.39, 0.29) is 0 Å². The topological polar surface area (TPSA) is 45.6 Å². The maximum atomic E-state index is 9.78. The quantitative estimate of drug-likeness (QED) is 0.741. The molecule has 1 unspecified atom stereocenters. The normalized spacial score (nSPS) is 12.9. The summed E-state index contributed by atoms with van der Waals surface area (Å²) in [4.78, 5) is 6.19. The van der Waals surface area contributed by atoms with Crippen molar-refractivity contribution in [1.29, 1.82) is 0 Å². The van der Waals surface area contributed by atoms with Gasteiger partial charge >= 0.3 is 0 Å². The van der Waals surface area contributed by atoms with E-state index >= 15 is 0 Å². The van der Waals surface area contributed by atoms with Gasteiger partial charge in [-0.3, -0.25) is 9.88 Å². The first-order valence-corrected chi connectivity index (χ1v) is 6.13. The third-order valence-electron chi connectivity index (χ3n) is 2.59. The number of hydrogen-bond donors (Lipinski definition) is 1. The lowest BCUT2D eigenvalue weighted by Gasteiger charge is -2.23. The van der Waals surface area contributed by atoms with E-state index < -0.39 is 6.10 Å². The lowest BCUT2D eigenvalue weighted by molar-refractivity contribution is 0.0206. The van der Waals surface area contributed by atoms with E-state index in [1.54, 1.807) is 12.4 Å². The molecular formula is C13H22N2O2. The molecule has 0 aliphatic carbocycles. The van der Waals surface area contributed by atoms with E-state index in [4.69, 9.17) is 4.74 Å². The van der Waals surface area contributed by atoms with E-state index in [9.17, 15) is 5.11 Å². The van der Waals surface area contributed by atoms with Gasteiger partial charge in [-0.25, -0.2) is 0 Å². The Kier molecular flexibility index (Phi) is 6.77. The number of nitrogens with zero attached hydrogens (tertiary/aromatic N) is 2. The van der Waals surface area contributed by atoms with Crippen molar-refractivity contribution < 1.29 is 9.84 Å². The van der Waals surface area contributed by atoms with E-state index in [0.717, 1.165) is 13.1 Å². The predicted octanol–water partition coefficient (Wildman–Crippen LogP) is 1.30. The van der Waals surface area contributed by atoms with E-state index in [1.165, 1.54) is 5.56 Å². The molecule has 1 rings (SSSR count). The summed E-state index contributed by atoms with van der Waals surface area (Å²) in [6.45, 7) is 7.46. The van der Waals surface area contributed by atoms with Gasteiger partial charge in [0, 0.05) is 32.1 Å². The molecular weight excluding hydrogens is 216 g/mol. The summed E-state index contributed by atoms with van der Waals surface area (Å²) in [6.07, 6.45) is 3.16. The summed E-state index contributed by atoms with van der Waals surface area (Å²) < 4.78 is 5.20. The average Bonchev–Trinajstić information content (AvgIpc) is 2.36. The molecule has 96 valence electrons. The van der Waals surface area contributed by atoms with Crippen LogP contribution in [0, 0.1) is 0 Å². The van der Waals surface area contributed by atoms with Crippen molar-refractivity contribution in [1.82, 2.24) is 9.88 Å². The SMILES string of the molecule is CCOCC(O)CN(CC)Cc1ccncc1. The number of aromatic nitrogens is 1. The van der Waals surface area contributed by atoms with Gasteiger partial charge in [-0.05, 0) is 31.2 Å². The number of pyridine rings is 1. The molecule has 0 aromatic carbocycles. The number of hydrogen-bond acceptors (Lipinski definition) is 4. The Bertz CT molecular complexity index is 293. The zero-order valence-corrected chi connectivity index (χ0v) is 10.7. The molecule has 0 aliphatic rings. The molecule has 0 radical (unpaired) electrons. The van der Waals surface area contributed by atoms with Crippen LogP contribution in [0.4, 0.5) is 0 Å². The molecule has 0 aliphatic heterocycles. The summed E-state index contributed by atoms with van der Waals surface area (Å²) in [6, 6.07) is 4.00. The highest BCUT2D eigenvalue weighted by atomic mass is 16.5. The highest BCUT2D eigenvalue weighted by Gasteiger charge is 2.10. The zero-order chi connectivity index (χ0) is 12.5. The summed E-state index contributed by atoms with van der Waals surface area (Å²) in [5, 5.41) is 9.78. The Morgan fingerprint density at radius 1 is 1.35 bits per heavy atom. The van der Waals surface area contributed by atoms with Crippen molar-refractivity contribution >= 4 is 0 Å². The summed E-state index contributed by atoms with van der Waals surface area (Å²) in [7, 11) is 0. The molecule has 4 heteroatoms. The third-order valence-corrected chi connectivity index (χ3v) is 2.59. The van der Waals surface area contributed by atoms with E-state index in [2.05, 4.69) is 16.8 Å². The number of aliphatic hydroxyl groups excluding tert-OH is 1. The van der Waals surface area contributed by atoms with Gasteiger partial charge in [0.15, 0.2) is 0 Å². The molecule has 4 nitrogen and oxygen atoms in total. The second-order valence-corrected chi connectivity index (χ2v) is 4.00. The molecule has 1 N–H and O–H groups in total. The first-order chi connectivity index (χ1) is 8.26. The largest absolute Gasteiger partial charge is 0.389 e. The minimum Gasteiger partial charge on any atom is -0.389 e. The molecule has 1 atom stereocenters. The van der Waals surface area contributed by atoms with Crippen LogP contribution in [0.2, 0.25) is 0 Å². The molecule has 0 amide bonds. The predicted molar refractivity (Wildman–Crippen MR) is 67.7 cm³/mol. The molecule has 0 fully saturated rings. The molecule has 17 heavy (non-hydrogen) atoms. The van der Waals surface area contributed by atoms with Gasteiger partial charge in [0.25, 0.3) is 0 Å². The second kappa shape index (κ2) is 8.17. The van der Waals surface area contributed by atoms with Crippen molar-refractivity contribution in [3.05, 3.63) is 30.1 Å². The third kappa shape index (κ3) is 5.77. The Morgan fingerprint density at radius 2 is 2.06 bits per heavy atom. The first-order valence-electron chi connectivity index (χ1n) is 6.13. The van der Waals surface area contributed by atoms with Gasteiger partial charge in [-0.2, -0.15) is 0 Å². The van der Waals surface area contributed by atoms with E-state index in [1.807, 2.05) is 19.1 Å². The van der Waals surface area contributed by atoms with Crippen LogP contribution in [0.15, 0.2) is 24.5 Å². The van der Waals surface area contributed by atoms with Gasteiger partial charge in [-0.1, -0.05) is 6.92 Å². The summed E-state index contributed by atoms with van der Waals surface area (Å²) in [5.74, 6) is 0. The molecule has 1 aromatic rings. The molecule has 0 saturated carbocycles. The van der Waals surface area contributed by atoms with Crippen LogP contribution >= 0.6 is 0 Å². The highest BCUT2D eigenvalue weighted by molar-refractivity contribution is 5.09. The highest BCUT2D eigenvalue weighted by Crippen LogP contribution is 2.04. The average molecular weight is 238 g/mol. The van der Waals surface area contributed by atoms with Crippen LogP contribution in [-0.4, -0.2) is 47.4 Å². The van der Waals surface area contributed by atoms with Gasteiger partial charge in [0.05, 0.1) is 12.7 Å². The van der Waals surface area contributed by atoms with E-state index in [0.29, 0.717) is 19.8 Å². The minimum atomic E-state index is -0.420. The van der Waals surface area contributed by atoms with Crippen LogP contribution in [0.1, 0.15) is 19.4 Å². The Morgan fingerprint density at radius 3 is 2.65 bits per heavy atom. The molecule has 0 saturated heterocycles. The maximum absolute atomic E-state index is 9.78. The van der Waals surface area contributed by atoms with Crippen molar-refractivity contribution in [2.24, 2.45) is 0 Å². The first kappa shape index (κ1) is 14.1. The van der Waals surface area contributed by atoms with Crippen LogP contribution < -0.4 is 0 Å². The monoisotopic (exact) mass is 238 g/mol. The molecule has 1 heterocycles. The fraction of sp³-hybridized carbons (Fsp3) is 0.615. The fourth-order valence-electron chi connectivity index (χ4n) is 1.66. The number of likely N-dealkylation sites (N-methyl/N-ethyl adjacent to an activating group) is 1. The van der Waals surface area contributed by atoms with Crippen molar-refractivity contribution in [3.63, 3.8) is 0 Å². The maximum Gasteiger partial charge on any atom is 0.0900 e. The Labute approximate surface area is 103 Å². The van der Waals surface area contributed by atoms with Crippen LogP contribution in [0.3, 0.4) is 0 Å². The van der Waals surface area contributed by atoms with Crippen molar-refractivity contribution in [3.8, 4) is 0 Å². The lowest BCUT2D eigenvalue weighted by atomic mass is 10.2. The van der Waals surface area contributed by atoms with Crippen LogP contribution in [-0.2, 0) is 11.3 Å².